The van der Waals surface area contributed by atoms with Gasteiger partial charge >= 0.3 is 0 Å². The smallest absolute Gasteiger partial charge is 0.0534 e. The van der Waals surface area contributed by atoms with Crippen LogP contribution in [0.1, 0.15) is 6.92 Å². The first kappa shape index (κ1) is 4.59. The minimum atomic E-state index is 1.03. The van der Waals surface area contributed by atoms with Gasteiger partial charge in [-0.3, -0.25) is 4.94 Å². The van der Waals surface area contributed by atoms with E-state index in [4.69, 9.17) is 4.94 Å². The molecule has 3 nitrogen and oxygen atoms in total. The summed E-state index contributed by atoms with van der Waals surface area (Å²) in [4.78, 5) is 4.70. The summed E-state index contributed by atoms with van der Waals surface area (Å²) >= 11 is 0. The molecule has 40 valence electrons. The average molecular weight is 100 g/mol. The molecule has 3 heteroatoms. The molecule has 1 heterocycles. The Balaban J connectivity index is 1.98. The predicted octanol–water partition coefficient (Wildman–Crippen LogP) is 0.239. The maximum Gasteiger partial charge on any atom is 0.0534 e. The summed E-state index contributed by atoms with van der Waals surface area (Å²) in [6.45, 7) is 3.87. The van der Waals surface area contributed by atoms with Gasteiger partial charge in [0.25, 0.3) is 0 Å². The zero-order chi connectivity index (χ0) is 5.11. The van der Waals surface area contributed by atoms with Gasteiger partial charge in [0.1, 0.15) is 0 Å². The molecule has 0 atom stereocenters. The SMILES string of the molecule is CC=NON1CC1. The highest BCUT2D eigenvalue weighted by molar-refractivity contribution is 5.52. The van der Waals surface area contributed by atoms with Crippen LogP contribution in [0, 0.1) is 0 Å². The van der Waals surface area contributed by atoms with Crippen molar-refractivity contribution in [2.45, 2.75) is 6.92 Å². The summed E-state index contributed by atoms with van der Waals surface area (Å²) in [6.07, 6.45) is 1.62. The van der Waals surface area contributed by atoms with Crippen LogP contribution >= 0.6 is 0 Å². The van der Waals surface area contributed by atoms with Crippen LogP contribution < -0.4 is 0 Å². The van der Waals surface area contributed by atoms with Crippen molar-refractivity contribution in [2.24, 2.45) is 5.16 Å². The molecule has 0 aromatic rings. The number of oxime groups is 1. The van der Waals surface area contributed by atoms with Crippen molar-refractivity contribution in [2.75, 3.05) is 13.1 Å². The maximum atomic E-state index is 4.70. The third-order valence-electron chi connectivity index (χ3n) is 0.674. The van der Waals surface area contributed by atoms with Crippen LogP contribution in [0.4, 0.5) is 0 Å². The van der Waals surface area contributed by atoms with Crippen molar-refractivity contribution < 1.29 is 4.94 Å². The molecule has 0 radical (unpaired) electrons. The Morgan fingerprint density at radius 1 is 1.71 bits per heavy atom. The first-order chi connectivity index (χ1) is 3.43. The van der Waals surface area contributed by atoms with Crippen LogP contribution in [0.5, 0.6) is 0 Å². The van der Waals surface area contributed by atoms with Gasteiger partial charge in [0.15, 0.2) is 0 Å². The van der Waals surface area contributed by atoms with E-state index in [-0.39, 0.29) is 0 Å². The lowest BCUT2D eigenvalue weighted by Gasteiger charge is -1.89. The lowest BCUT2D eigenvalue weighted by atomic mass is 10.9. The van der Waals surface area contributed by atoms with Crippen LogP contribution in [0.3, 0.4) is 0 Å². The molecule has 0 aromatic carbocycles. The summed E-state index contributed by atoms with van der Waals surface area (Å²) in [5.41, 5.74) is 0. The van der Waals surface area contributed by atoms with Crippen LogP contribution in [-0.4, -0.2) is 24.4 Å². The Morgan fingerprint density at radius 3 is 2.86 bits per heavy atom. The maximum absolute atomic E-state index is 4.70. The number of rotatable bonds is 2. The first-order valence-corrected chi connectivity index (χ1v) is 2.33. The molecule has 0 unspecified atom stereocenters. The highest BCUT2D eigenvalue weighted by Crippen LogP contribution is 2.02. The fourth-order valence-corrected chi connectivity index (χ4v) is 0.236. The molecule has 0 amide bonds. The quantitative estimate of drug-likeness (QED) is 0.282. The van der Waals surface area contributed by atoms with Crippen molar-refractivity contribution in [3.63, 3.8) is 0 Å². The van der Waals surface area contributed by atoms with Gasteiger partial charge in [-0.15, -0.1) is 5.06 Å². The van der Waals surface area contributed by atoms with Gasteiger partial charge in [-0.1, -0.05) is 5.16 Å². The van der Waals surface area contributed by atoms with E-state index in [2.05, 4.69) is 5.16 Å². The summed E-state index contributed by atoms with van der Waals surface area (Å²) in [7, 11) is 0. The van der Waals surface area contributed by atoms with E-state index in [0.717, 1.165) is 13.1 Å². The van der Waals surface area contributed by atoms with Gasteiger partial charge in [-0.2, -0.15) is 0 Å². The van der Waals surface area contributed by atoms with E-state index in [9.17, 15) is 0 Å². The Labute approximate surface area is 42.5 Å². The van der Waals surface area contributed by atoms with Gasteiger partial charge in [-0.25, -0.2) is 0 Å². The van der Waals surface area contributed by atoms with Gasteiger partial charge in [0.2, 0.25) is 0 Å². The van der Waals surface area contributed by atoms with Crippen LogP contribution in [-0.2, 0) is 4.94 Å². The van der Waals surface area contributed by atoms with Crippen molar-refractivity contribution in [1.82, 2.24) is 5.06 Å². The Kier molecular flexibility index (Phi) is 1.26. The van der Waals surface area contributed by atoms with E-state index in [1.807, 2.05) is 6.92 Å². The van der Waals surface area contributed by atoms with E-state index in [1.54, 1.807) is 11.3 Å². The second-order valence-corrected chi connectivity index (χ2v) is 1.37. The van der Waals surface area contributed by atoms with Crippen LogP contribution in [0.2, 0.25) is 0 Å². The standard InChI is InChI=1S/C4H8N2O/c1-2-5-7-6-3-4-6/h2H,3-4H2,1H3. The topological polar surface area (TPSA) is 24.6 Å². The summed E-state index contributed by atoms with van der Waals surface area (Å²) < 4.78 is 0. The molecule has 1 aliphatic heterocycles. The third kappa shape index (κ3) is 1.55. The molecule has 1 aliphatic rings. The van der Waals surface area contributed by atoms with Gasteiger partial charge in [0, 0.05) is 6.21 Å². The highest BCUT2D eigenvalue weighted by atomic mass is 16.8. The second kappa shape index (κ2) is 1.93. The summed E-state index contributed by atoms with van der Waals surface area (Å²) in [6, 6.07) is 0. The van der Waals surface area contributed by atoms with E-state index in [0.29, 0.717) is 0 Å². The zero-order valence-electron chi connectivity index (χ0n) is 4.29. The lowest BCUT2D eigenvalue weighted by molar-refractivity contribution is -0.0608. The zero-order valence-corrected chi connectivity index (χ0v) is 4.29. The molecule has 0 aliphatic carbocycles. The lowest BCUT2D eigenvalue weighted by Crippen LogP contribution is -1.89. The molecular weight excluding hydrogens is 92.1 g/mol. The molecule has 7 heavy (non-hydrogen) atoms. The fourth-order valence-electron chi connectivity index (χ4n) is 0.236. The molecule has 0 bridgehead atoms. The molecule has 0 spiro atoms. The fraction of sp³-hybridized carbons (Fsp3) is 0.750. The minimum absolute atomic E-state index is 1.03. The number of nitrogens with zero attached hydrogens (tertiary/aromatic N) is 2. The molecule has 0 aromatic heterocycles. The summed E-state index contributed by atoms with van der Waals surface area (Å²) in [5, 5.41) is 5.30. The van der Waals surface area contributed by atoms with E-state index in [1.165, 1.54) is 0 Å². The van der Waals surface area contributed by atoms with Crippen molar-refractivity contribution in [1.29, 1.82) is 0 Å². The van der Waals surface area contributed by atoms with Gasteiger partial charge in [0.05, 0.1) is 13.1 Å². The van der Waals surface area contributed by atoms with Crippen molar-refractivity contribution in [3.8, 4) is 0 Å². The second-order valence-electron chi connectivity index (χ2n) is 1.37. The monoisotopic (exact) mass is 100 g/mol. The molecule has 1 saturated heterocycles. The predicted molar refractivity (Wildman–Crippen MR) is 26.8 cm³/mol. The minimum Gasteiger partial charge on any atom is -0.297 e. The highest BCUT2D eigenvalue weighted by Gasteiger charge is 2.18. The van der Waals surface area contributed by atoms with Gasteiger partial charge < -0.3 is 0 Å². The average Bonchev–Trinajstić information content (AvgIpc) is 2.42. The largest absolute Gasteiger partial charge is 0.297 e. The molecule has 0 N–H and O–H groups in total. The van der Waals surface area contributed by atoms with E-state index >= 15 is 0 Å². The van der Waals surface area contributed by atoms with Crippen LogP contribution in [0.25, 0.3) is 0 Å². The first-order valence-electron chi connectivity index (χ1n) is 2.33. The Bertz CT molecular complexity index is 77.8. The van der Waals surface area contributed by atoms with Crippen molar-refractivity contribution in [3.05, 3.63) is 0 Å². The molecular formula is C4H8N2O. The van der Waals surface area contributed by atoms with Crippen LogP contribution in [0.15, 0.2) is 5.16 Å². The third-order valence-corrected chi connectivity index (χ3v) is 0.674. The van der Waals surface area contributed by atoms with E-state index < -0.39 is 0 Å². The normalized spacial score (nSPS) is 20.7. The number of hydrogen-bond donors (Lipinski definition) is 0. The summed E-state index contributed by atoms with van der Waals surface area (Å²) in [5.74, 6) is 0. The number of hydrogen-bond acceptors (Lipinski definition) is 3. The number of hydroxylamine groups is 2. The molecule has 1 rings (SSSR count). The molecule has 1 fully saturated rings. The Morgan fingerprint density at radius 2 is 2.43 bits per heavy atom. The Hall–Kier alpha value is -0.570. The van der Waals surface area contributed by atoms with Crippen molar-refractivity contribution >= 4 is 6.21 Å². The molecule has 0 saturated carbocycles. The van der Waals surface area contributed by atoms with Gasteiger partial charge in [-0.05, 0) is 6.92 Å².